The molecule has 1 fully saturated rings. The van der Waals surface area contributed by atoms with Crippen molar-refractivity contribution in [2.24, 2.45) is 0 Å². The van der Waals surface area contributed by atoms with E-state index in [4.69, 9.17) is 9.84 Å². The molecule has 0 unspecified atom stereocenters. The molecule has 0 radical (unpaired) electrons. The van der Waals surface area contributed by atoms with Gasteiger partial charge in [-0.25, -0.2) is 0 Å². The second-order valence-corrected chi connectivity index (χ2v) is 6.25. The minimum Gasteiger partial charge on any atom is -0.492 e. The van der Waals surface area contributed by atoms with Gasteiger partial charge in [0.05, 0.1) is 6.54 Å². The van der Waals surface area contributed by atoms with E-state index in [0.29, 0.717) is 18.9 Å². The molecule has 0 amide bonds. The Balaban J connectivity index is 1.67. The Morgan fingerprint density at radius 3 is 2.35 bits per heavy atom. The van der Waals surface area contributed by atoms with Crippen molar-refractivity contribution in [3.05, 3.63) is 24.3 Å². The minimum absolute atomic E-state index is 0.0435. The predicted octanol–water partition coefficient (Wildman–Crippen LogP) is 2.44. The van der Waals surface area contributed by atoms with Crippen LogP contribution < -0.4 is 9.47 Å². The Morgan fingerprint density at radius 2 is 1.81 bits per heavy atom. The predicted molar refractivity (Wildman–Crippen MR) is 88.3 cm³/mol. The first kappa shape index (κ1) is 20.3. The number of hydrogen-bond acceptors (Lipinski definition) is 5. The van der Waals surface area contributed by atoms with E-state index in [1.807, 2.05) is 11.9 Å². The fourth-order valence-electron chi connectivity index (χ4n) is 2.96. The van der Waals surface area contributed by atoms with E-state index in [1.54, 1.807) is 0 Å². The smallest absolute Gasteiger partial charge is 0.492 e. The van der Waals surface area contributed by atoms with Crippen molar-refractivity contribution < 1.29 is 32.5 Å². The van der Waals surface area contributed by atoms with Crippen molar-refractivity contribution in [3.8, 4) is 11.5 Å². The molecule has 1 heterocycles. The fourth-order valence-corrected chi connectivity index (χ4v) is 2.96. The highest BCUT2D eigenvalue weighted by Gasteiger charge is 2.31. The Kier molecular flexibility index (Phi) is 7.10. The van der Waals surface area contributed by atoms with E-state index >= 15 is 0 Å². The highest BCUT2D eigenvalue weighted by Crippen LogP contribution is 2.24. The van der Waals surface area contributed by atoms with E-state index in [0.717, 1.165) is 25.9 Å². The van der Waals surface area contributed by atoms with Crippen LogP contribution in [-0.2, 0) is 4.79 Å². The summed E-state index contributed by atoms with van der Waals surface area (Å²) in [6, 6.07) is 5.58. The summed E-state index contributed by atoms with van der Waals surface area (Å²) in [5.74, 6) is -0.622. The zero-order chi connectivity index (χ0) is 19.2. The lowest BCUT2D eigenvalue weighted by Crippen LogP contribution is -2.45. The van der Waals surface area contributed by atoms with Crippen molar-refractivity contribution in [1.82, 2.24) is 9.80 Å². The van der Waals surface area contributed by atoms with Crippen LogP contribution in [0, 0.1) is 0 Å². The number of carboxylic acids is 1. The summed E-state index contributed by atoms with van der Waals surface area (Å²) in [4.78, 5) is 14.8. The monoisotopic (exact) mass is 376 g/mol. The minimum atomic E-state index is -4.70. The van der Waals surface area contributed by atoms with Gasteiger partial charge in [0.25, 0.3) is 0 Å². The number of rotatable bonds is 8. The summed E-state index contributed by atoms with van der Waals surface area (Å²) in [5, 5.41) is 8.83. The second-order valence-electron chi connectivity index (χ2n) is 6.25. The molecular formula is C17H23F3N2O4. The molecule has 1 saturated heterocycles. The zero-order valence-corrected chi connectivity index (χ0v) is 14.5. The molecule has 0 atom stereocenters. The summed E-state index contributed by atoms with van der Waals surface area (Å²) in [7, 11) is 1.82. The molecule has 1 aliphatic rings. The molecule has 9 heteroatoms. The first-order valence-corrected chi connectivity index (χ1v) is 8.36. The molecule has 0 aliphatic carbocycles. The maximum Gasteiger partial charge on any atom is 0.573 e. The lowest BCUT2D eigenvalue weighted by molar-refractivity contribution is -0.274. The van der Waals surface area contributed by atoms with Crippen molar-refractivity contribution in [1.29, 1.82) is 0 Å². The molecular weight excluding hydrogens is 353 g/mol. The van der Waals surface area contributed by atoms with Crippen LogP contribution in [0.4, 0.5) is 13.2 Å². The normalized spacial score (nSPS) is 16.7. The summed E-state index contributed by atoms with van der Waals surface area (Å²) < 4.78 is 45.7. The van der Waals surface area contributed by atoms with Crippen LogP contribution in [0.2, 0.25) is 0 Å². The van der Waals surface area contributed by atoms with Crippen molar-refractivity contribution in [2.75, 3.05) is 39.8 Å². The number of carbonyl (C=O) groups is 1. The van der Waals surface area contributed by atoms with Crippen molar-refractivity contribution in [3.63, 3.8) is 0 Å². The second kappa shape index (κ2) is 9.09. The van der Waals surface area contributed by atoms with Crippen molar-refractivity contribution in [2.45, 2.75) is 25.2 Å². The number of benzene rings is 1. The number of ether oxygens (including phenoxy) is 2. The third-order valence-corrected chi connectivity index (χ3v) is 4.30. The first-order chi connectivity index (χ1) is 12.2. The highest BCUT2D eigenvalue weighted by atomic mass is 19.4. The number of nitrogens with zero attached hydrogens (tertiary/aromatic N) is 2. The third kappa shape index (κ3) is 7.09. The van der Waals surface area contributed by atoms with E-state index in [2.05, 4.69) is 9.64 Å². The molecule has 1 aliphatic heterocycles. The van der Waals surface area contributed by atoms with Gasteiger partial charge in [-0.05, 0) is 57.2 Å². The van der Waals surface area contributed by atoms with E-state index in [9.17, 15) is 18.0 Å². The molecule has 1 aromatic rings. The summed E-state index contributed by atoms with van der Waals surface area (Å²) >= 11 is 0. The summed E-state index contributed by atoms with van der Waals surface area (Å²) in [6.07, 6.45) is -2.91. The molecule has 0 aromatic heterocycles. The average Bonchev–Trinajstić information content (AvgIpc) is 2.55. The van der Waals surface area contributed by atoms with E-state index < -0.39 is 12.3 Å². The van der Waals surface area contributed by atoms with Crippen LogP contribution >= 0.6 is 0 Å². The lowest BCUT2D eigenvalue weighted by Gasteiger charge is -2.36. The molecule has 0 bridgehead atoms. The molecule has 26 heavy (non-hydrogen) atoms. The Labute approximate surface area is 150 Å². The quantitative estimate of drug-likeness (QED) is 0.752. The van der Waals surface area contributed by atoms with Crippen molar-refractivity contribution >= 4 is 5.97 Å². The van der Waals surface area contributed by atoms with Gasteiger partial charge in [-0.1, -0.05) is 0 Å². The van der Waals surface area contributed by atoms with Gasteiger partial charge in [-0.3, -0.25) is 14.6 Å². The first-order valence-electron chi connectivity index (χ1n) is 8.36. The molecule has 146 valence electrons. The molecule has 1 N–H and O–H groups in total. The number of carboxylic acid groups (broad SMARTS) is 1. The van der Waals surface area contributed by atoms with Gasteiger partial charge in [0.1, 0.15) is 18.1 Å². The number of piperidine rings is 1. The van der Waals surface area contributed by atoms with Crippen LogP contribution in [0.1, 0.15) is 12.8 Å². The van der Waals surface area contributed by atoms with Gasteiger partial charge in [-0.15, -0.1) is 13.2 Å². The fraction of sp³-hybridized carbons (Fsp3) is 0.588. The molecule has 0 saturated carbocycles. The molecule has 1 aromatic carbocycles. The van der Waals surface area contributed by atoms with Crippen LogP contribution in [0.15, 0.2) is 24.3 Å². The van der Waals surface area contributed by atoms with E-state index in [1.165, 1.54) is 24.3 Å². The van der Waals surface area contributed by atoms with Gasteiger partial charge in [0.15, 0.2) is 0 Å². The highest BCUT2D eigenvalue weighted by molar-refractivity contribution is 5.69. The number of likely N-dealkylation sites (N-methyl/N-ethyl adjacent to an activating group) is 1. The number of halogens is 3. The Morgan fingerprint density at radius 1 is 1.23 bits per heavy atom. The summed E-state index contributed by atoms with van der Waals surface area (Å²) in [5.41, 5.74) is 0. The van der Waals surface area contributed by atoms with Gasteiger partial charge < -0.3 is 14.6 Å². The van der Waals surface area contributed by atoms with Gasteiger partial charge in [-0.2, -0.15) is 0 Å². The topological polar surface area (TPSA) is 62.2 Å². The summed E-state index contributed by atoms with van der Waals surface area (Å²) in [6.45, 7) is 2.89. The van der Waals surface area contributed by atoms with Gasteiger partial charge >= 0.3 is 12.3 Å². The maximum atomic E-state index is 12.1. The number of likely N-dealkylation sites (tertiary alicyclic amines) is 1. The zero-order valence-electron chi connectivity index (χ0n) is 14.5. The largest absolute Gasteiger partial charge is 0.573 e. The van der Waals surface area contributed by atoms with E-state index in [-0.39, 0.29) is 18.3 Å². The van der Waals surface area contributed by atoms with Crippen LogP contribution in [0.25, 0.3) is 0 Å². The third-order valence-electron chi connectivity index (χ3n) is 4.30. The standard InChI is InChI=1S/C17H23F3N2O4/c1-21(12-16(23)24)13-6-8-22(9-7-13)10-11-25-14-2-4-15(5-3-14)26-17(18,19)20/h2-5,13H,6-12H2,1H3,(H,23,24). The number of aliphatic carboxylic acids is 1. The SMILES string of the molecule is CN(CC(=O)O)C1CCN(CCOc2ccc(OC(F)(F)F)cc2)CC1. The number of hydrogen-bond donors (Lipinski definition) is 1. The van der Waals surface area contributed by atoms with Gasteiger partial charge in [0, 0.05) is 12.6 Å². The van der Waals surface area contributed by atoms with Crippen LogP contribution in [-0.4, -0.2) is 73.1 Å². The number of alkyl halides is 3. The molecule has 6 nitrogen and oxygen atoms in total. The van der Waals surface area contributed by atoms with Gasteiger partial charge in [0.2, 0.25) is 0 Å². The maximum absolute atomic E-state index is 12.1. The Hall–Kier alpha value is -2.00. The lowest BCUT2D eigenvalue weighted by atomic mass is 10.0. The van der Waals surface area contributed by atoms with Crippen LogP contribution in [0.5, 0.6) is 11.5 Å². The Bertz CT molecular complexity index is 572. The van der Waals surface area contributed by atoms with Crippen LogP contribution in [0.3, 0.4) is 0 Å². The average molecular weight is 376 g/mol. The molecule has 2 rings (SSSR count). The molecule has 0 spiro atoms.